The SMILES string of the molecule is CSCC[C@H](N)C(=O)N1CCC[C@H]1C(=O)N[C@H](C(=O)N[C@@H](CCC(N)=O)C(=O)N[C@@H](CCCN=C(N)N)C(=O)N[C@@H](CCC(N)=O)C(=O)N1CCC[C@H]1C(=O)N[C@@H](CC(C)C)C(=O)N[C@@H](CO)C(=O)N[C@@H](CO)C(=O)N[C@@H](CCC(N)=O)C(=O)N[C@@H](C)C(=O)N[C@H](C(=O)N[C@@H](CCCCN)C(=O)O)C(C)C)[C@@H](C)O. The first-order valence-corrected chi connectivity index (χ1v) is 37.6. The molecule has 0 aromatic heterocycles. The van der Waals surface area contributed by atoms with E-state index in [-0.39, 0.29) is 83.0 Å². The molecule has 0 aromatic carbocycles. The van der Waals surface area contributed by atoms with Gasteiger partial charge in [0.1, 0.15) is 78.5 Å². The predicted molar refractivity (Wildman–Crippen MR) is 393 cm³/mol. The number of carbonyl (C=O) groups is 17. The van der Waals surface area contributed by atoms with E-state index >= 15 is 0 Å². The number of carboxylic acid groups (broad SMARTS) is 1. The summed E-state index contributed by atoms with van der Waals surface area (Å²) in [5.74, 6) is -17.8. The first-order chi connectivity index (χ1) is 51.2. The predicted octanol–water partition coefficient (Wildman–Crippen LogP) is -9.47. The third-order valence-electron chi connectivity index (χ3n) is 17.7. The molecule has 616 valence electrons. The van der Waals surface area contributed by atoms with Crippen LogP contribution in [0, 0.1) is 11.8 Å². The molecule has 2 rings (SSSR count). The van der Waals surface area contributed by atoms with Gasteiger partial charge in [0.2, 0.25) is 94.5 Å². The highest BCUT2D eigenvalue weighted by molar-refractivity contribution is 7.98. The maximum Gasteiger partial charge on any atom is 0.326 e. The van der Waals surface area contributed by atoms with E-state index in [2.05, 4.69) is 63.5 Å². The van der Waals surface area contributed by atoms with E-state index in [1.807, 2.05) is 6.26 Å². The summed E-state index contributed by atoms with van der Waals surface area (Å²) >= 11 is 1.47. The number of carbonyl (C=O) groups excluding carboxylic acids is 16. The Morgan fingerprint density at radius 2 is 0.881 bits per heavy atom. The number of aliphatic hydroxyl groups is 3. The molecule has 43 heteroatoms. The molecule has 29 N–H and O–H groups in total. The third-order valence-corrected chi connectivity index (χ3v) is 18.4. The molecule has 2 heterocycles. The first-order valence-electron chi connectivity index (χ1n) is 36.2. The van der Waals surface area contributed by atoms with E-state index in [0.717, 1.165) is 4.90 Å². The minimum atomic E-state index is -1.94. The standard InChI is InChI=1S/C66H115N21O21S/c1-32(2)29-42(56(98)82-44(31-89)58(100)83-43(30-88)57(99)77-38(17-20-47(69)91)53(95)75-34(5)52(94)84-50(33(3)4)61(103)80-41(65(107)108)13-8-9-24-67)81-59(101)45-15-12-27-87(45)64(106)40(19-22-49(71)93)79-54(96)37(14-10-25-74-66(72)73)76-55(97)39(18-21-48(70)92)78-62(104)51(35(6)90)85-60(102)46-16-11-26-86(46)63(105)36(68)23-28-109-7/h32-46,50-51,88-90H,8-31,67-68H2,1-7H3,(H2,69,91)(H2,70,92)(H2,71,93)(H,75,95)(H,76,97)(H,77,99)(H,78,104)(H,79,96)(H,80,103)(H,81,101)(H,82,98)(H,83,100)(H,84,94)(H,85,102)(H,107,108)(H4,72,73,74)/t34-,35+,36-,37-,38-,39-,40-,41-,42-,43-,44-,45-,46-,50-,51-/m0/s1. The Bertz CT molecular complexity index is 3180. The van der Waals surface area contributed by atoms with Gasteiger partial charge in [-0.1, -0.05) is 27.7 Å². The van der Waals surface area contributed by atoms with Crippen LogP contribution in [-0.4, -0.2) is 279 Å². The average Bonchev–Trinajstić information content (AvgIpc) is 1.72. The summed E-state index contributed by atoms with van der Waals surface area (Å²) in [6.07, 6.45) is -1.27. The molecule has 0 aliphatic carbocycles. The minimum absolute atomic E-state index is 0.0311. The van der Waals surface area contributed by atoms with Crippen molar-refractivity contribution in [2.24, 2.45) is 57.0 Å². The third kappa shape index (κ3) is 33.4. The molecule has 0 bridgehead atoms. The van der Waals surface area contributed by atoms with Crippen LogP contribution in [0.2, 0.25) is 0 Å². The summed E-state index contributed by atoms with van der Waals surface area (Å²) in [5, 5.41) is 67.6. The molecule has 0 radical (unpaired) electrons. The molecule has 0 saturated carbocycles. The molecule has 2 aliphatic heterocycles. The topological polar surface area (TPSA) is 704 Å². The molecule has 2 saturated heterocycles. The van der Waals surface area contributed by atoms with E-state index in [1.54, 1.807) is 27.7 Å². The van der Waals surface area contributed by atoms with E-state index in [0.29, 0.717) is 31.4 Å². The van der Waals surface area contributed by atoms with Crippen molar-refractivity contribution in [3.8, 4) is 0 Å². The van der Waals surface area contributed by atoms with Crippen molar-refractivity contribution in [2.45, 2.75) is 241 Å². The van der Waals surface area contributed by atoms with Crippen LogP contribution in [0.25, 0.3) is 0 Å². The minimum Gasteiger partial charge on any atom is -0.480 e. The highest BCUT2D eigenvalue weighted by atomic mass is 32.2. The van der Waals surface area contributed by atoms with Gasteiger partial charge in [-0.25, -0.2) is 4.79 Å². The quantitative estimate of drug-likeness (QED) is 0.0153. The van der Waals surface area contributed by atoms with Gasteiger partial charge in [0.25, 0.3) is 0 Å². The molecule has 2 aliphatic rings. The van der Waals surface area contributed by atoms with Gasteiger partial charge >= 0.3 is 5.97 Å². The Morgan fingerprint density at radius 1 is 0.468 bits per heavy atom. The number of amides is 16. The summed E-state index contributed by atoms with van der Waals surface area (Å²) in [5.41, 5.74) is 39.0. The smallest absolute Gasteiger partial charge is 0.326 e. The van der Waals surface area contributed by atoms with Crippen molar-refractivity contribution in [2.75, 3.05) is 51.4 Å². The van der Waals surface area contributed by atoms with Crippen molar-refractivity contribution in [1.29, 1.82) is 0 Å². The number of aliphatic carboxylic acids is 1. The van der Waals surface area contributed by atoms with E-state index in [9.17, 15) is 102 Å². The summed E-state index contributed by atoms with van der Waals surface area (Å²) in [6.45, 7) is 6.76. The van der Waals surface area contributed by atoms with Gasteiger partial charge in [-0.2, -0.15) is 11.8 Å². The van der Waals surface area contributed by atoms with Crippen molar-refractivity contribution in [3.05, 3.63) is 0 Å². The Labute approximate surface area is 635 Å². The van der Waals surface area contributed by atoms with Crippen molar-refractivity contribution < 1.29 is 102 Å². The number of hydrogen-bond acceptors (Lipinski definition) is 24. The van der Waals surface area contributed by atoms with Crippen molar-refractivity contribution in [1.82, 2.24) is 68.3 Å². The highest BCUT2D eigenvalue weighted by Crippen LogP contribution is 2.23. The summed E-state index contributed by atoms with van der Waals surface area (Å²) in [7, 11) is 0. The monoisotopic (exact) mass is 1570 g/mol. The normalized spacial score (nSPS) is 17.6. The van der Waals surface area contributed by atoms with Crippen LogP contribution >= 0.6 is 11.8 Å². The number of likely N-dealkylation sites (tertiary alicyclic amines) is 2. The van der Waals surface area contributed by atoms with Gasteiger partial charge in [-0.3, -0.25) is 81.7 Å². The number of primary amides is 3. The largest absolute Gasteiger partial charge is 0.480 e. The molecule has 15 atom stereocenters. The summed E-state index contributed by atoms with van der Waals surface area (Å²) in [4.78, 5) is 235. The highest BCUT2D eigenvalue weighted by Gasteiger charge is 2.43. The number of hydrogen-bond donors (Lipinski definition) is 22. The second kappa shape index (κ2) is 48.7. The molecular formula is C66H115N21O21S. The van der Waals surface area contributed by atoms with Crippen LogP contribution in [0.5, 0.6) is 0 Å². The lowest BCUT2D eigenvalue weighted by Crippen LogP contribution is -2.62. The van der Waals surface area contributed by atoms with E-state index in [4.69, 9.17) is 40.1 Å². The van der Waals surface area contributed by atoms with E-state index < -0.39 is 249 Å². The van der Waals surface area contributed by atoms with Gasteiger partial charge in [0.15, 0.2) is 5.96 Å². The van der Waals surface area contributed by atoms with Crippen LogP contribution in [0.4, 0.5) is 0 Å². The number of nitrogens with one attached hydrogen (secondary N) is 11. The Hall–Kier alpha value is -9.59. The fraction of sp³-hybridized carbons (Fsp3) is 0.727. The Morgan fingerprint density at radius 3 is 1.33 bits per heavy atom. The number of guanidine groups is 1. The number of aliphatic hydroxyl groups excluding tert-OH is 3. The van der Waals surface area contributed by atoms with E-state index in [1.165, 1.54) is 30.5 Å². The van der Waals surface area contributed by atoms with Crippen LogP contribution in [-0.2, 0) is 81.5 Å². The van der Waals surface area contributed by atoms with Gasteiger partial charge < -0.3 is 129 Å². The van der Waals surface area contributed by atoms with Crippen molar-refractivity contribution in [3.63, 3.8) is 0 Å². The maximum atomic E-state index is 14.7. The lowest BCUT2D eigenvalue weighted by molar-refractivity contribution is -0.143. The van der Waals surface area contributed by atoms with Gasteiger partial charge in [0, 0.05) is 38.9 Å². The number of nitrogens with zero attached hydrogens (tertiary/aromatic N) is 3. The molecule has 0 spiro atoms. The molecule has 109 heavy (non-hydrogen) atoms. The lowest BCUT2D eigenvalue weighted by Gasteiger charge is -2.31. The second-order valence-corrected chi connectivity index (χ2v) is 28.5. The van der Waals surface area contributed by atoms with Crippen LogP contribution < -0.4 is 98.6 Å². The molecule has 0 unspecified atom stereocenters. The van der Waals surface area contributed by atoms with Crippen LogP contribution in [0.3, 0.4) is 0 Å². The zero-order chi connectivity index (χ0) is 82.5. The molecule has 0 aromatic rings. The Kier molecular flexibility index (Phi) is 42.7. The van der Waals surface area contributed by atoms with Crippen LogP contribution in [0.1, 0.15) is 151 Å². The first kappa shape index (κ1) is 95.5. The zero-order valence-electron chi connectivity index (χ0n) is 62.8. The van der Waals surface area contributed by atoms with Crippen LogP contribution in [0.15, 0.2) is 4.99 Å². The van der Waals surface area contributed by atoms with Crippen molar-refractivity contribution >= 4 is 118 Å². The fourth-order valence-corrected chi connectivity index (χ4v) is 12.1. The number of thioether (sulfide) groups is 1. The zero-order valence-corrected chi connectivity index (χ0v) is 63.6. The number of nitrogens with two attached hydrogens (primary N) is 7. The lowest BCUT2D eigenvalue weighted by atomic mass is 10.0. The molecule has 42 nitrogen and oxygen atoms in total. The average molecular weight is 1570 g/mol. The maximum absolute atomic E-state index is 14.7. The van der Waals surface area contributed by atoms with Gasteiger partial charge in [0.05, 0.1) is 25.4 Å². The number of carboxylic acids is 1. The molecular weight excluding hydrogens is 1450 g/mol. The second-order valence-electron chi connectivity index (χ2n) is 27.5. The fourth-order valence-electron chi connectivity index (χ4n) is 11.7. The number of unbranched alkanes of at least 4 members (excludes halogenated alkanes) is 1. The Balaban J connectivity index is 2.39. The summed E-state index contributed by atoms with van der Waals surface area (Å²) in [6, 6.07) is -21.2. The van der Waals surface area contributed by atoms with Gasteiger partial charge in [-0.05, 0) is 134 Å². The number of rotatable bonds is 51. The number of aliphatic imine (C=N–C) groups is 1. The molecule has 2 fully saturated rings. The summed E-state index contributed by atoms with van der Waals surface area (Å²) < 4.78 is 0. The molecule has 16 amide bonds. The van der Waals surface area contributed by atoms with Gasteiger partial charge in [-0.15, -0.1) is 0 Å².